The van der Waals surface area contributed by atoms with E-state index in [1.807, 2.05) is 13.8 Å². The Morgan fingerprint density at radius 1 is 1.35 bits per heavy atom. The lowest BCUT2D eigenvalue weighted by Crippen LogP contribution is -2.36. The zero-order chi connectivity index (χ0) is 17.0. The van der Waals surface area contributed by atoms with Gasteiger partial charge in [0.15, 0.2) is 0 Å². The molecule has 124 valence electrons. The van der Waals surface area contributed by atoms with Crippen LogP contribution in [0.2, 0.25) is 0 Å². The van der Waals surface area contributed by atoms with E-state index in [1.165, 1.54) is 10.8 Å². The Labute approximate surface area is 132 Å². The van der Waals surface area contributed by atoms with Gasteiger partial charge in [-0.3, -0.25) is 19.1 Å². The van der Waals surface area contributed by atoms with E-state index in [1.54, 1.807) is 6.92 Å². The largest absolute Gasteiger partial charge is 0.361 e. The third-order valence-corrected chi connectivity index (χ3v) is 3.61. The number of hydrogen-bond acceptors (Lipinski definition) is 5. The maximum absolute atomic E-state index is 11.9. The molecule has 0 radical (unpaired) electrons. The summed E-state index contributed by atoms with van der Waals surface area (Å²) >= 11 is 0. The van der Waals surface area contributed by atoms with Crippen LogP contribution >= 0.6 is 0 Å². The van der Waals surface area contributed by atoms with Gasteiger partial charge in [0.05, 0.1) is 5.69 Å². The molecule has 0 saturated heterocycles. The molecule has 0 atom stereocenters. The Kier molecular flexibility index (Phi) is 5.15. The molecule has 2 aromatic heterocycles. The fourth-order valence-electron chi connectivity index (χ4n) is 2.30. The first-order valence-corrected chi connectivity index (χ1v) is 7.37. The van der Waals surface area contributed by atoms with E-state index < -0.39 is 11.2 Å². The highest BCUT2D eigenvalue weighted by molar-refractivity contribution is 5.75. The molecule has 2 N–H and O–H groups in total. The van der Waals surface area contributed by atoms with E-state index in [0.717, 1.165) is 29.9 Å². The van der Waals surface area contributed by atoms with Gasteiger partial charge >= 0.3 is 5.69 Å². The standard InChI is InChI=1S/C15H20N4O4/c1-9-7-19(15(22)17-14(9)21)8-13(20)16-6-4-5-12-10(2)18-23-11(12)3/h7H,4-6,8H2,1-3H3,(H,16,20)(H,17,21,22). The lowest BCUT2D eigenvalue weighted by Gasteiger charge is -2.07. The van der Waals surface area contributed by atoms with Crippen LogP contribution in [0.5, 0.6) is 0 Å². The van der Waals surface area contributed by atoms with Crippen LogP contribution in [0.1, 0.15) is 29.0 Å². The van der Waals surface area contributed by atoms with E-state index >= 15 is 0 Å². The van der Waals surface area contributed by atoms with Crippen LogP contribution in [-0.4, -0.2) is 27.2 Å². The summed E-state index contributed by atoms with van der Waals surface area (Å²) in [7, 11) is 0. The molecular weight excluding hydrogens is 300 g/mol. The summed E-state index contributed by atoms with van der Waals surface area (Å²) in [6, 6.07) is 0. The number of amides is 1. The van der Waals surface area contributed by atoms with E-state index in [-0.39, 0.29) is 12.5 Å². The maximum atomic E-state index is 11.9. The monoisotopic (exact) mass is 320 g/mol. The van der Waals surface area contributed by atoms with Gasteiger partial charge in [-0.25, -0.2) is 4.79 Å². The molecule has 8 nitrogen and oxygen atoms in total. The second-order valence-corrected chi connectivity index (χ2v) is 5.46. The number of aromatic nitrogens is 3. The molecule has 23 heavy (non-hydrogen) atoms. The smallest absolute Gasteiger partial charge is 0.328 e. The Morgan fingerprint density at radius 3 is 2.74 bits per heavy atom. The molecular formula is C15H20N4O4. The van der Waals surface area contributed by atoms with Crippen LogP contribution in [0, 0.1) is 20.8 Å². The quantitative estimate of drug-likeness (QED) is 0.739. The number of rotatable bonds is 6. The molecule has 0 fully saturated rings. The molecule has 0 spiro atoms. The minimum absolute atomic E-state index is 0.123. The van der Waals surface area contributed by atoms with E-state index in [4.69, 9.17) is 4.52 Å². The first kappa shape index (κ1) is 16.7. The van der Waals surface area contributed by atoms with E-state index in [9.17, 15) is 14.4 Å². The van der Waals surface area contributed by atoms with E-state index in [0.29, 0.717) is 12.1 Å². The van der Waals surface area contributed by atoms with Crippen LogP contribution in [0.25, 0.3) is 0 Å². The van der Waals surface area contributed by atoms with Crippen molar-refractivity contribution in [1.29, 1.82) is 0 Å². The number of nitrogens with one attached hydrogen (secondary N) is 2. The molecule has 1 amide bonds. The van der Waals surface area contributed by atoms with Gasteiger partial charge in [-0.05, 0) is 33.6 Å². The molecule has 0 aliphatic rings. The van der Waals surface area contributed by atoms with Gasteiger partial charge in [-0.15, -0.1) is 0 Å². The van der Waals surface area contributed by atoms with Crippen LogP contribution in [0.15, 0.2) is 20.3 Å². The van der Waals surface area contributed by atoms with Crippen LogP contribution in [0.3, 0.4) is 0 Å². The predicted molar refractivity (Wildman–Crippen MR) is 83.4 cm³/mol. The molecule has 0 unspecified atom stereocenters. The summed E-state index contributed by atoms with van der Waals surface area (Å²) in [6.45, 7) is 5.69. The molecule has 8 heteroatoms. The van der Waals surface area contributed by atoms with Crippen molar-refractivity contribution in [3.63, 3.8) is 0 Å². The van der Waals surface area contributed by atoms with Gasteiger partial charge in [-0.2, -0.15) is 0 Å². The summed E-state index contributed by atoms with van der Waals surface area (Å²) in [5.74, 6) is 0.515. The highest BCUT2D eigenvalue weighted by atomic mass is 16.5. The summed E-state index contributed by atoms with van der Waals surface area (Å²) in [6.07, 6.45) is 2.89. The second-order valence-electron chi connectivity index (χ2n) is 5.46. The fourth-order valence-corrected chi connectivity index (χ4v) is 2.30. The van der Waals surface area contributed by atoms with Crippen molar-refractivity contribution >= 4 is 5.91 Å². The van der Waals surface area contributed by atoms with Crippen LogP contribution < -0.4 is 16.6 Å². The molecule has 2 aromatic rings. The zero-order valence-corrected chi connectivity index (χ0v) is 13.4. The molecule has 0 aromatic carbocycles. The number of aromatic amines is 1. The molecule has 2 heterocycles. The SMILES string of the molecule is Cc1noc(C)c1CCCNC(=O)Cn1cc(C)c(=O)[nH]c1=O. The lowest BCUT2D eigenvalue weighted by molar-refractivity contribution is -0.121. The third kappa shape index (κ3) is 4.18. The average Bonchev–Trinajstić information content (AvgIpc) is 2.80. The third-order valence-electron chi connectivity index (χ3n) is 3.61. The summed E-state index contributed by atoms with van der Waals surface area (Å²) in [5, 5.41) is 6.63. The van der Waals surface area contributed by atoms with Crippen LogP contribution in [-0.2, 0) is 17.8 Å². The van der Waals surface area contributed by atoms with Crippen molar-refractivity contribution in [3.05, 3.63) is 49.6 Å². The predicted octanol–water partition coefficient (Wildman–Crippen LogP) is 0.199. The number of carbonyl (C=O) groups is 1. The number of H-pyrrole nitrogens is 1. The van der Waals surface area contributed by atoms with Crippen LogP contribution in [0.4, 0.5) is 0 Å². The topological polar surface area (TPSA) is 110 Å². The molecule has 2 rings (SSSR count). The Balaban J connectivity index is 1.83. The van der Waals surface area contributed by atoms with Crippen molar-refractivity contribution in [2.24, 2.45) is 0 Å². The Bertz CT molecular complexity index is 796. The molecule has 0 bridgehead atoms. The van der Waals surface area contributed by atoms with Gasteiger partial charge < -0.3 is 9.84 Å². The average molecular weight is 320 g/mol. The van der Waals surface area contributed by atoms with Gasteiger partial charge in [0, 0.05) is 23.9 Å². The molecule has 0 aliphatic heterocycles. The summed E-state index contributed by atoms with van der Waals surface area (Å²) in [4.78, 5) is 36.9. The van der Waals surface area contributed by atoms with Gasteiger partial charge in [0.2, 0.25) is 5.91 Å². The Hall–Kier alpha value is -2.64. The van der Waals surface area contributed by atoms with Crippen molar-refractivity contribution in [2.75, 3.05) is 6.54 Å². The number of hydrogen-bond donors (Lipinski definition) is 2. The number of aryl methyl sites for hydroxylation is 3. The second kappa shape index (κ2) is 7.08. The first-order valence-electron chi connectivity index (χ1n) is 7.37. The minimum Gasteiger partial charge on any atom is -0.361 e. The minimum atomic E-state index is -0.591. The highest BCUT2D eigenvalue weighted by Crippen LogP contribution is 2.13. The van der Waals surface area contributed by atoms with Crippen molar-refractivity contribution in [1.82, 2.24) is 20.0 Å². The number of nitrogens with zero attached hydrogens (tertiary/aromatic N) is 2. The Morgan fingerprint density at radius 2 is 2.09 bits per heavy atom. The van der Waals surface area contributed by atoms with Gasteiger partial charge in [0.25, 0.3) is 5.56 Å². The number of carbonyl (C=O) groups excluding carboxylic acids is 1. The zero-order valence-electron chi connectivity index (χ0n) is 13.4. The van der Waals surface area contributed by atoms with Crippen molar-refractivity contribution < 1.29 is 9.32 Å². The van der Waals surface area contributed by atoms with Gasteiger partial charge in [0.1, 0.15) is 12.3 Å². The van der Waals surface area contributed by atoms with Crippen molar-refractivity contribution in [2.45, 2.75) is 40.2 Å². The van der Waals surface area contributed by atoms with Gasteiger partial charge in [-0.1, -0.05) is 5.16 Å². The maximum Gasteiger partial charge on any atom is 0.328 e. The highest BCUT2D eigenvalue weighted by Gasteiger charge is 2.09. The molecule has 0 aliphatic carbocycles. The summed E-state index contributed by atoms with van der Waals surface area (Å²) < 4.78 is 6.26. The fraction of sp³-hybridized carbons (Fsp3) is 0.467. The lowest BCUT2D eigenvalue weighted by atomic mass is 10.1. The molecule has 0 saturated carbocycles. The first-order chi connectivity index (χ1) is 10.9. The van der Waals surface area contributed by atoms with Crippen molar-refractivity contribution in [3.8, 4) is 0 Å². The summed E-state index contributed by atoms with van der Waals surface area (Å²) in [5.41, 5.74) is 1.28. The van der Waals surface area contributed by atoms with E-state index in [2.05, 4.69) is 15.5 Å². The normalized spacial score (nSPS) is 10.7.